The van der Waals surface area contributed by atoms with Crippen LogP contribution >= 0.6 is 11.6 Å². The number of aliphatic hydroxyl groups excluding tert-OH is 1. The number of pyridine rings is 1. The lowest BCUT2D eigenvalue weighted by Gasteiger charge is -2.15. The van der Waals surface area contributed by atoms with E-state index in [0.717, 1.165) is 5.56 Å². The summed E-state index contributed by atoms with van der Waals surface area (Å²) >= 11 is 5.81. The van der Waals surface area contributed by atoms with Gasteiger partial charge < -0.3 is 10.8 Å². The molecule has 66 valence electrons. The summed E-state index contributed by atoms with van der Waals surface area (Å²) in [5.41, 5.74) is 6.40. The summed E-state index contributed by atoms with van der Waals surface area (Å²) < 4.78 is 0. The molecule has 0 amide bonds. The van der Waals surface area contributed by atoms with Crippen LogP contribution in [0.3, 0.4) is 0 Å². The fraction of sp³-hybridized carbons (Fsp3) is 0.375. The van der Waals surface area contributed by atoms with Gasteiger partial charge in [0.25, 0.3) is 0 Å². The van der Waals surface area contributed by atoms with Crippen molar-refractivity contribution in [3.63, 3.8) is 0 Å². The predicted molar refractivity (Wildman–Crippen MR) is 47.9 cm³/mol. The van der Waals surface area contributed by atoms with E-state index in [1.807, 2.05) is 0 Å². The summed E-state index contributed by atoms with van der Waals surface area (Å²) in [6.07, 6.45) is 2.51. The molecule has 3 N–H and O–H groups in total. The second kappa shape index (κ2) is 3.85. The maximum Gasteiger partial charge on any atom is 0.0705 e. The molecule has 0 radical (unpaired) electrons. The van der Waals surface area contributed by atoms with Crippen molar-refractivity contribution in [2.24, 2.45) is 5.73 Å². The fourth-order valence-corrected chi connectivity index (χ4v) is 1.16. The van der Waals surface area contributed by atoms with Crippen LogP contribution < -0.4 is 5.73 Å². The van der Waals surface area contributed by atoms with Crippen molar-refractivity contribution >= 4 is 11.6 Å². The molecular weight excluding hydrogens is 176 g/mol. The molecule has 3 nitrogen and oxygen atoms in total. The van der Waals surface area contributed by atoms with Gasteiger partial charge in [-0.25, -0.2) is 0 Å². The molecular formula is C8H11ClN2O. The Balaban J connectivity index is 2.94. The first-order chi connectivity index (χ1) is 5.63. The van der Waals surface area contributed by atoms with Crippen molar-refractivity contribution in [3.05, 3.63) is 29.0 Å². The van der Waals surface area contributed by atoms with E-state index in [9.17, 15) is 5.11 Å². The Hall–Kier alpha value is -0.640. The van der Waals surface area contributed by atoms with Crippen LogP contribution in [0.1, 0.15) is 18.5 Å². The zero-order valence-electron chi connectivity index (χ0n) is 6.74. The van der Waals surface area contributed by atoms with E-state index in [0.29, 0.717) is 5.02 Å². The van der Waals surface area contributed by atoms with E-state index in [4.69, 9.17) is 17.3 Å². The molecule has 0 aliphatic carbocycles. The highest BCUT2D eigenvalue weighted by molar-refractivity contribution is 6.31. The lowest BCUT2D eigenvalue weighted by atomic mass is 10.1. The smallest absolute Gasteiger partial charge is 0.0705 e. The number of hydrogen-bond donors (Lipinski definition) is 2. The van der Waals surface area contributed by atoms with Crippen molar-refractivity contribution in [2.75, 3.05) is 0 Å². The Labute approximate surface area is 76.2 Å². The molecule has 2 atom stereocenters. The number of aromatic nitrogens is 1. The molecule has 1 rings (SSSR count). The van der Waals surface area contributed by atoms with Gasteiger partial charge in [0.05, 0.1) is 17.2 Å². The lowest BCUT2D eigenvalue weighted by Crippen LogP contribution is -2.23. The average molecular weight is 187 g/mol. The molecule has 0 aliphatic rings. The molecule has 0 aromatic carbocycles. The van der Waals surface area contributed by atoms with Gasteiger partial charge in [0.15, 0.2) is 0 Å². The van der Waals surface area contributed by atoms with Gasteiger partial charge in [-0.15, -0.1) is 0 Å². The molecule has 4 heteroatoms. The Morgan fingerprint density at radius 1 is 1.67 bits per heavy atom. The van der Waals surface area contributed by atoms with Crippen LogP contribution in [0.15, 0.2) is 18.5 Å². The van der Waals surface area contributed by atoms with Gasteiger partial charge in [-0.2, -0.15) is 0 Å². The van der Waals surface area contributed by atoms with Gasteiger partial charge in [-0.05, 0) is 18.6 Å². The summed E-state index contributed by atoms with van der Waals surface area (Å²) in [5, 5.41) is 9.69. The van der Waals surface area contributed by atoms with E-state index in [-0.39, 0.29) is 0 Å². The predicted octanol–water partition coefficient (Wildman–Crippen LogP) is 1.12. The van der Waals surface area contributed by atoms with E-state index >= 15 is 0 Å². The Morgan fingerprint density at radius 2 is 2.33 bits per heavy atom. The van der Waals surface area contributed by atoms with E-state index in [2.05, 4.69) is 4.98 Å². The minimum atomic E-state index is -0.607. The number of aliphatic hydroxyl groups is 1. The normalized spacial score (nSPS) is 15.7. The van der Waals surface area contributed by atoms with Gasteiger partial charge in [-0.3, -0.25) is 4.98 Å². The molecule has 0 bridgehead atoms. The maximum absolute atomic E-state index is 9.19. The molecule has 0 fully saturated rings. The average Bonchev–Trinajstić information content (AvgIpc) is 2.04. The highest BCUT2D eigenvalue weighted by Gasteiger charge is 2.14. The molecule has 1 aromatic heterocycles. The Bertz CT molecular complexity index is 265. The zero-order chi connectivity index (χ0) is 9.14. The van der Waals surface area contributed by atoms with Gasteiger partial charge in [-0.1, -0.05) is 11.6 Å². The topological polar surface area (TPSA) is 59.1 Å². The summed E-state index contributed by atoms with van der Waals surface area (Å²) in [6.45, 7) is 1.63. The zero-order valence-corrected chi connectivity index (χ0v) is 7.49. The monoisotopic (exact) mass is 186 g/mol. The summed E-state index contributed by atoms with van der Waals surface area (Å²) in [4.78, 5) is 3.82. The van der Waals surface area contributed by atoms with Gasteiger partial charge in [0.1, 0.15) is 0 Å². The molecule has 0 spiro atoms. The standard InChI is InChI=1S/C8H11ClN2O/c1-5(12)8(10)6-2-3-11-4-7(6)9/h2-5,8,12H,10H2,1H3/t5-,8+/m0/s1. The number of rotatable bonds is 2. The molecule has 0 aliphatic heterocycles. The SMILES string of the molecule is C[C@H](O)[C@@H](N)c1ccncc1Cl. The van der Waals surface area contributed by atoms with Crippen LogP contribution in [0.2, 0.25) is 5.02 Å². The van der Waals surface area contributed by atoms with Crippen molar-refractivity contribution in [2.45, 2.75) is 19.1 Å². The summed E-state index contributed by atoms with van der Waals surface area (Å²) in [6, 6.07) is 1.26. The lowest BCUT2D eigenvalue weighted by molar-refractivity contribution is 0.164. The van der Waals surface area contributed by atoms with Crippen molar-refractivity contribution in [1.29, 1.82) is 0 Å². The first-order valence-corrected chi connectivity index (χ1v) is 4.03. The highest BCUT2D eigenvalue weighted by atomic mass is 35.5. The molecule has 1 heterocycles. The second-order valence-electron chi connectivity index (χ2n) is 2.66. The highest BCUT2D eigenvalue weighted by Crippen LogP contribution is 2.21. The maximum atomic E-state index is 9.19. The molecule has 0 saturated heterocycles. The number of hydrogen-bond acceptors (Lipinski definition) is 3. The van der Waals surface area contributed by atoms with Crippen LogP contribution in [0.4, 0.5) is 0 Å². The number of nitrogens with two attached hydrogens (primary N) is 1. The molecule has 1 aromatic rings. The van der Waals surface area contributed by atoms with Crippen molar-refractivity contribution in [3.8, 4) is 0 Å². The third kappa shape index (κ3) is 1.94. The fourth-order valence-electron chi connectivity index (χ4n) is 0.916. The summed E-state index contributed by atoms with van der Waals surface area (Å²) in [5.74, 6) is 0. The molecule has 0 saturated carbocycles. The van der Waals surface area contributed by atoms with Crippen LogP contribution in [0.5, 0.6) is 0 Å². The quantitative estimate of drug-likeness (QED) is 0.728. The van der Waals surface area contributed by atoms with Gasteiger partial charge in [0.2, 0.25) is 0 Å². The van der Waals surface area contributed by atoms with Crippen molar-refractivity contribution < 1.29 is 5.11 Å². The minimum absolute atomic E-state index is 0.444. The Kier molecular flexibility index (Phi) is 3.03. The van der Waals surface area contributed by atoms with Crippen LogP contribution in [-0.4, -0.2) is 16.2 Å². The van der Waals surface area contributed by atoms with Gasteiger partial charge >= 0.3 is 0 Å². The molecule has 12 heavy (non-hydrogen) atoms. The van der Waals surface area contributed by atoms with Crippen LogP contribution in [0, 0.1) is 0 Å². The van der Waals surface area contributed by atoms with E-state index < -0.39 is 12.1 Å². The molecule has 0 unspecified atom stereocenters. The van der Waals surface area contributed by atoms with E-state index in [1.54, 1.807) is 19.2 Å². The van der Waals surface area contributed by atoms with E-state index in [1.165, 1.54) is 6.20 Å². The first kappa shape index (κ1) is 9.45. The first-order valence-electron chi connectivity index (χ1n) is 3.66. The number of nitrogens with zero attached hydrogens (tertiary/aromatic N) is 1. The number of halogens is 1. The van der Waals surface area contributed by atoms with Crippen molar-refractivity contribution in [1.82, 2.24) is 4.98 Å². The summed E-state index contributed by atoms with van der Waals surface area (Å²) in [7, 11) is 0. The van der Waals surface area contributed by atoms with Crippen LogP contribution in [-0.2, 0) is 0 Å². The van der Waals surface area contributed by atoms with Gasteiger partial charge in [0, 0.05) is 12.4 Å². The minimum Gasteiger partial charge on any atom is -0.391 e. The third-order valence-electron chi connectivity index (χ3n) is 1.68. The second-order valence-corrected chi connectivity index (χ2v) is 3.07. The third-order valence-corrected chi connectivity index (χ3v) is 2.00. The Morgan fingerprint density at radius 3 is 2.83 bits per heavy atom. The largest absolute Gasteiger partial charge is 0.391 e. The van der Waals surface area contributed by atoms with Crippen LogP contribution in [0.25, 0.3) is 0 Å².